The molecule has 1 heterocycles. The van der Waals surface area contributed by atoms with E-state index in [1.165, 1.54) is 22.9 Å². The number of carboxylic acid groups (broad SMARTS) is 1. The molecular formula is C13H11N3O4. The molecule has 2 rings (SSSR count). The predicted molar refractivity (Wildman–Crippen MR) is 70.0 cm³/mol. The number of primary amides is 1. The van der Waals surface area contributed by atoms with E-state index in [0.717, 1.165) is 0 Å². The zero-order valence-corrected chi connectivity index (χ0v) is 10.5. The molecule has 0 saturated heterocycles. The lowest BCUT2D eigenvalue weighted by Gasteiger charge is -2.10. The number of nitrogens with zero attached hydrogens (tertiary/aromatic N) is 2. The van der Waals surface area contributed by atoms with Gasteiger partial charge >= 0.3 is 5.97 Å². The van der Waals surface area contributed by atoms with E-state index in [0.29, 0.717) is 16.9 Å². The number of benzene rings is 1. The van der Waals surface area contributed by atoms with E-state index < -0.39 is 23.0 Å². The van der Waals surface area contributed by atoms with Crippen LogP contribution in [0.3, 0.4) is 0 Å². The average molecular weight is 273 g/mol. The summed E-state index contributed by atoms with van der Waals surface area (Å²) in [4.78, 5) is 33.4. The fraction of sp³-hybridized carbons (Fsp3) is 0.0769. The minimum Gasteiger partial charge on any atom is -0.476 e. The van der Waals surface area contributed by atoms with Crippen molar-refractivity contribution in [3.63, 3.8) is 0 Å². The summed E-state index contributed by atoms with van der Waals surface area (Å²) in [6, 6.07) is 7.32. The Bertz CT molecular complexity index is 747. The van der Waals surface area contributed by atoms with Crippen LogP contribution in [-0.4, -0.2) is 26.8 Å². The van der Waals surface area contributed by atoms with Gasteiger partial charge in [-0.2, -0.15) is 5.10 Å². The number of carboxylic acids is 1. The Hall–Kier alpha value is -2.96. The number of amides is 1. The molecule has 102 valence electrons. The van der Waals surface area contributed by atoms with Crippen LogP contribution in [0.1, 0.15) is 26.5 Å². The van der Waals surface area contributed by atoms with Crippen molar-refractivity contribution in [3.8, 4) is 5.69 Å². The van der Waals surface area contributed by atoms with Crippen LogP contribution < -0.4 is 11.2 Å². The van der Waals surface area contributed by atoms with E-state index in [1.54, 1.807) is 19.1 Å². The number of carbonyl (C=O) groups excluding carboxylic acids is 1. The Morgan fingerprint density at radius 1 is 1.25 bits per heavy atom. The van der Waals surface area contributed by atoms with Crippen LogP contribution in [0.15, 0.2) is 35.1 Å². The largest absolute Gasteiger partial charge is 0.476 e. The summed E-state index contributed by atoms with van der Waals surface area (Å²) in [5.41, 5.74) is 5.25. The van der Waals surface area contributed by atoms with Crippen molar-refractivity contribution in [1.29, 1.82) is 0 Å². The quantitative estimate of drug-likeness (QED) is 0.836. The van der Waals surface area contributed by atoms with E-state index >= 15 is 0 Å². The molecule has 0 spiro atoms. The van der Waals surface area contributed by atoms with Gasteiger partial charge in [-0.15, -0.1) is 0 Å². The second-order valence-corrected chi connectivity index (χ2v) is 4.13. The Morgan fingerprint density at radius 3 is 2.35 bits per heavy atom. The van der Waals surface area contributed by atoms with Crippen LogP contribution in [0.2, 0.25) is 0 Å². The number of hydrogen-bond donors (Lipinski definition) is 2. The number of hydrogen-bond acceptors (Lipinski definition) is 4. The van der Waals surface area contributed by atoms with Gasteiger partial charge in [0.15, 0.2) is 0 Å². The molecule has 0 atom stereocenters. The Balaban J connectivity index is 2.57. The highest BCUT2D eigenvalue weighted by atomic mass is 16.4. The molecular weight excluding hydrogens is 262 g/mol. The van der Waals surface area contributed by atoms with Crippen molar-refractivity contribution >= 4 is 11.9 Å². The second-order valence-electron chi connectivity index (χ2n) is 4.13. The first kappa shape index (κ1) is 13.5. The topological polar surface area (TPSA) is 115 Å². The molecule has 0 fully saturated rings. The summed E-state index contributed by atoms with van der Waals surface area (Å²) in [7, 11) is 0. The standard InChI is InChI=1S/C13H11N3O4/c1-7-6-10(17)11(13(19)20)15-16(7)9-4-2-8(3-5-9)12(14)18/h2-6H,1H3,(H2,14,18)(H,19,20). The van der Waals surface area contributed by atoms with Crippen LogP contribution in [-0.2, 0) is 0 Å². The van der Waals surface area contributed by atoms with E-state index in [2.05, 4.69) is 5.10 Å². The summed E-state index contributed by atoms with van der Waals surface area (Å²) < 4.78 is 1.32. The summed E-state index contributed by atoms with van der Waals surface area (Å²) in [6.07, 6.45) is 0. The van der Waals surface area contributed by atoms with Crippen molar-refractivity contribution < 1.29 is 14.7 Å². The van der Waals surface area contributed by atoms with Gasteiger partial charge in [0.2, 0.25) is 17.0 Å². The highest BCUT2D eigenvalue weighted by Crippen LogP contribution is 2.10. The highest BCUT2D eigenvalue weighted by Gasteiger charge is 2.13. The van der Waals surface area contributed by atoms with Crippen molar-refractivity contribution in [2.75, 3.05) is 0 Å². The van der Waals surface area contributed by atoms with Crippen molar-refractivity contribution in [2.24, 2.45) is 5.73 Å². The minimum absolute atomic E-state index is 0.325. The minimum atomic E-state index is -1.39. The Kier molecular flexibility index (Phi) is 3.34. The zero-order valence-electron chi connectivity index (χ0n) is 10.5. The SMILES string of the molecule is Cc1cc(=O)c(C(=O)O)nn1-c1ccc(C(N)=O)cc1. The van der Waals surface area contributed by atoms with Gasteiger partial charge in [-0.3, -0.25) is 9.59 Å². The van der Waals surface area contributed by atoms with Crippen LogP contribution >= 0.6 is 0 Å². The molecule has 7 nitrogen and oxygen atoms in total. The van der Waals surface area contributed by atoms with Gasteiger partial charge in [-0.25, -0.2) is 9.48 Å². The van der Waals surface area contributed by atoms with Crippen LogP contribution in [0, 0.1) is 6.92 Å². The van der Waals surface area contributed by atoms with Crippen molar-refractivity contribution in [3.05, 3.63) is 57.5 Å². The number of nitrogens with two attached hydrogens (primary N) is 1. The number of carbonyl (C=O) groups is 2. The fourth-order valence-electron chi connectivity index (χ4n) is 1.72. The molecule has 0 bridgehead atoms. The zero-order chi connectivity index (χ0) is 14.9. The first-order valence-corrected chi connectivity index (χ1v) is 5.64. The second kappa shape index (κ2) is 4.96. The van der Waals surface area contributed by atoms with E-state index in [9.17, 15) is 14.4 Å². The third kappa shape index (κ3) is 2.41. The maximum absolute atomic E-state index is 11.5. The first-order chi connectivity index (χ1) is 9.40. The summed E-state index contributed by atoms with van der Waals surface area (Å²) >= 11 is 0. The summed E-state index contributed by atoms with van der Waals surface area (Å²) in [5, 5.41) is 12.7. The average Bonchev–Trinajstić information content (AvgIpc) is 2.38. The van der Waals surface area contributed by atoms with Gasteiger partial charge in [0.25, 0.3) is 0 Å². The molecule has 0 saturated carbocycles. The molecule has 0 aliphatic rings. The number of rotatable bonds is 3. The number of aromatic carboxylic acids is 1. The maximum atomic E-state index is 11.5. The molecule has 0 aliphatic carbocycles. The maximum Gasteiger partial charge on any atom is 0.360 e. The third-order valence-electron chi connectivity index (χ3n) is 2.71. The lowest BCUT2D eigenvalue weighted by Crippen LogP contribution is -2.22. The molecule has 1 aromatic carbocycles. The van der Waals surface area contributed by atoms with E-state index in [4.69, 9.17) is 10.8 Å². The highest BCUT2D eigenvalue weighted by molar-refractivity contribution is 5.92. The molecule has 3 N–H and O–H groups in total. The predicted octanol–water partition coefficient (Wildman–Crippen LogP) is 0.338. The molecule has 1 aromatic heterocycles. The molecule has 0 radical (unpaired) electrons. The monoisotopic (exact) mass is 273 g/mol. The Labute approximate surface area is 113 Å². The van der Waals surface area contributed by atoms with Gasteiger partial charge in [-0.05, 0) is 31.2 Å². The molecule has 7 heteroatoms. The van der Waals surface area contributed by atoms with Crippen LogP contribution in [0.5, 0.6) is 0 Å². The van der Waals surface area contributed by atoms with Gasteiger partial charge in [0.1, 0.15) is 0 Å². The normalized spacial score (nSPS) is 10.2. The smallest absolute Gasteiger partial charge is 0.360 e. The third-order valence-corrected chi connectivity index (χ3v) is 2.71. The molecule has 20 heavy (non-hydrogen) atoms. The van der Waals surface area contributed by atoms with Crippen molar-refractivity contribution in [2.45, 2.75) is 6.92 Å². The van der Waals surface area contributed by atoms with E-state index in [1.807, 2.05) is 0 Å². The molecule has 0 unspecified atom stereocenters. The van der Waals surface area contributed by atoms with Gasteiger partial charge in [0.05, 0.1) is 5.69 Å². The van der Waals surface area contributed by atoms with Crippen LogP contribution in [0.25, 0.3) is 5.69 Å². The lowest BCUT2D eigenvalue weighted by molar-refractivity contribution is 0.0686. The lowest BCUT2D eigenvalue weighted by atomic mass is 10.2. The van der Waals surface area contributed by atoms with Crippen LogP contribution in [0.4, 0.5) is 0 Å². The first-order valence-electron chi connectivity index (χ1n) is 5.64. The van der Waals surface area contributed by atoms with Gasteiger partial charge < -0.3 is 10.8 Å². The number of aromatic nitrogens is 2. The summed E-state index contributed by atoms with van der Waals surface area (Å²) in [5.74, 6) is -1.95. The number of aryl methyl sites for hydroxylation is 1. The van der Waals surface area contributed by atoms with E-state index in [-0.39, 0.29) is 0 Å². The summed E-state index contributed by atoms with van der Waals surface area (Å²) in [6.45, 7) is 1.63. The molecule has 0 aliphatic heterocycles. The van der Waals surface area contributed by atoms with Gasteiger partial charge in [-0.1, -0.05) is 0 Å². The van der Waals surface area contributed by atoms with Gasteiger partial charge in [0, 0.05) is 17.3 Å². The molecule has 2 aromatic rings. The van der Waals surface area contributed by atoms with Crippen molar-refractivity contribution in [1.82, 2.24) is 9.78 Å². The fourth-order valence-corrected chi connectivity index (χ4v) is 1.72. The Morgan fingerprint density at radius 2 is 1.85 bits per heavy atom. The molecule has 1 amide bonds.